The Morgan fingerprint density at radius 3 is 2.30 bits per heavy atom. The fourth-order valence-electron chi connectivity index (χ4n) is 7.19. The normalized spacial score (nSPS) is 17.9. The van der Waals surface area contributed by atoms with Crippen LogP contribution >= 0.6 is 11.3 Å². The lowest BCUT2D eigenvalue weighted by molar-refractivity contribution is -0.159. The van der Waals surface area contributed by atoms with Gasteiger partial charge in [-0.15, -0.1) is 11.3 Å². The predicted molar refractivity (Wildman–Crippen MR) is 214 cm³/mol. The number of aromatic nitrogens is 1. The minimum Gasteiger partial charge on any atom is -0.481 e. The lowest BCUT2D eigenvalue weighted by Gasteiger charge is -2.39. The Balaban J connectivity index is 1.75. The first-order valence-corrected chi connectivity index (χ1v) is 20.7. The molecular formula is C42H62N4O9S. The quantitative estimate of drug-likeness (QED) is 0.107. The van der Waals surface area contributed by atoms with Crippen LogP contribution in [0.3, 0.4) is 0 Å². The highest BCUT2D eigenvalue weighted by Gasteiger charge is 2.38. The van der Waals surface area contributed by atoms with Crippen molar-refractivity contribution in [1.82, 2.24) is 20.1 Å². The molecule has 1 aromatic heterocycles. The van der Waals surface area contributed by atoms with E-state index in [1.54, 1.807) is 13.8 Å². The van der Waals surface area contributed by atoms with Gasteiger partial charge >= 0.3 is 17.9 Å². The lowest BCUT2D eigenvalue weighted by Crippen LogP contribution is -2.51. The molecule has 2 N–H and O–H groups in total. The van der Waals surface area contributed by atoms with E-state index in [1.165, 1.54) is 17.2 Å². The molecule has 1 saturated heterocycles. The Morgan fingerprint density at radius 2 is 1.71 bits per heavy atom. The summed E-state index contributed by atoms with van der Waals surface area (Å²) < 4.78 is 11.2. The molecule has 56 heavy (non-hydrogen) atoms. The summed E-state index contributed by atoms with van der Waals surface area (Å²) in [4.78, 5) is 86.2. The van der Waals surface area contributed by atoms with Crippen LogP contribution in [0.4, 0.5) is 0 Å². The second kappa shape index (κ2) is 21.9. The minimum absolute atomic E-state index is 0.00903. The SMILES string of the molecule is CCC(C)C(CC(=O)C1CCCCN1C)C(=O)N(COC(C)=O)C(CC(C)OC(=O)c1nc(C(=O)NC(Cc2ccc(C)cc2)CC(C)C(=O)O)cs1)C(C)C. The number of carboxylic acids is 1. The molecule has 7 atom stereocenters. The number of carboxylic acid groups (broad SMARTS) is 1. The Morgan fingerprint density at radius 1 is 1.04 bits per heavy atom. The van der Waals surface area contributed by atoms with E-state index in [0.29, 0.717) is 12.8 Å². The number of Topliss-reactive ketones (excluding diaryl/α,β-unsaturated/α-hetero) is 1. The second-order valence-corrected chi connectivity index (χ2v) is 16.7. The number of hydrogen-bond acceptors (Lipinski definition) is 11. The van der Waals surface area contributed by atoms with Gasteiger partial charge in [0.25, 0.3) is 5.91 Å². The largest absolute Gasteiger partial charge is 0.481 e. The molecule has 3 rings (SSSR count). The van der Waals surface area contributed by atoms with E-state index in [-0.39, 0.29) is 66.3 Å². The third-order valence-electron chi connectivity index (χ3n) is 10.9. The zero-order valence-corrected chi connectivity index (χ0v) is 35.4. The van der Waals surface area contributed by atoms with Crippen molar-refractivity contribution in [2.24, 2.45) is 23.7 Å². The Kier molecular flexibility index (Phi) is 18.1. The molecule has 1 aromatic carbocycles. The molecule has 2 amide bonds. The summed E-state index contributed by atoms with van der Waals surface area (Å²) in [5.41, 5.74) is 2.03. The molecule has 1 aliphatic rings. The third-order valence-corrected chi connectivity index (χ3v) is 11.7. The van der Waals surface area contributed by atoms with Crippen molar-refractivity contribution in [3.8, 4) is 0 Å². The second-order valence-electron chi connectivity index (χ2n) is 15.9. The number of amides is 2. The smallest absolute Gasteiger partial charge is 0.367 e. The van der Waals surface area contributed by atoms with Gasteiger partial charge in [0.05, 0.1) is 12.0 Å². The maximum Gasteiger partial charge on any atom is 0.367 e. The number of nitrogens with one attached hydrogen (secondary N) is 1. The minimum atomic E-state index is -0.965. The number of likely N-dealkylation sites (N-methyl/N-ethyl adjacent to an activating group) is 1. The van der Waals surface area contributed by atoms with E-state index in [2.05, 4.69) is 15.2 Å². The fourth-order valence-corrected chi connectivity index (χ4v) is 7.87. The number of hydrogen-bond donors (Lipinski definition) is 2. The molecule has 2 aromatic rings. The summed E-state index contributed by atoms with van der Waals surface area (Å²) in [6.07, 6.45) is 3.64. The van der Waals surface area contributed by atoms with E-state index in [1.807, 2.05) is 65.9 Å². The van der Waals surface area contributed by atoms with Crippen molar-refractivity contribution in [1.29, 1.82) is 0 Å². The highest BCUT2D eigenvalue weighted by molar-refractivity contribution is 7.11. The Labute approximate surface area is 335 Å². The molecule has 1 fully saturated rings. The molecule has 13 nitrogen and oxygen atoms in total. The third kappa shape index (κ3) is 13.8. The Hall–Kier alpha value is -4.17. The monoisotopic (exact) mass is 798 g/mol. The number of carbonyl (C=O) groups excluding carboxylic acids is 5. The molecular weight excluding hydrogens is 737 g/mol. The van der Waals surface area contributed by atoms with Crippen LogP contribution in [0.5, 0.6) is 0 Å². The van der Waals surface area contributed by atoms with E-state index in [0.717, 1.165) is 48.3 Å². The molecule has 0 spiro atoms. The number of aliphatic carboxylic acids is 1. The summed E-state index contributed by atoms with van der Waals surface area (Å²) in [7, 11) is 1.95. The average Bonchev–Trinajstić information content (AvgIpc) is 3.65. The van der Waals surface area contributed by atoms with Gasteiger partial charge in [0, 0.05) is 43.1 Å². The molecule has 0 saturated carbocycles. The number of nitrogens with zero attached hydrogens (tertiary/aromatic N) is 3. The first-order chi connectivity index (χ1) is 26.4. The molecule has 7 unspecified atom stereocenters. The van der Waals surface area contributed by atoms with Crippen molar-refractivity contribution in [2.45, 2.75) is 131 Å². The van der Waals surface area contributed by atoms with Gasteiger partial charge in [0.15, 0.2) is 12.5 Å². The lowest BCUT2D eigenvalue weighted by atomic mass is 9.83. The first kappa shape index (κ1) is 46.2. The molecule has 2 heterocycles. The maximum atomic E-state index is 14.5. The number of ether oxygens (including phenoxy) is 2. The van der Waals surface area contributed by atoms with Gasteiger partial charge in [-0.25, -0.2) is 9.78 Å². The van der Waals surface area contributed by atoms with Crippen molar-refractivity contribution in [3.05, 3.63) is 51.5 Å². The van der Waals surface area contributed by atoms with Gasteiger partial charge in [-0.2, -0.15) is 0 Å². The molecule has 0 aliphatic carbocycles. The van der Waals surface area contributed by atoms with Gasteiger partial charge in [-0.1, -0.05) is 77.3 Å². The van der Waals surface area contributed by atoms with Gasteiger partial charge in [0.2, 0.25) is 10.9 Å². The van der Waals surface area contributed by atoms with Crippen LogP contribution < -0.4 is 5.32 Å². The fraction of sp³-hybridized carbons (Fsp3) is 0.643. The number of likely N-dealkylation sites (tertiary alicyclic amines) is 1. The van der Waals surface area contributed by atoms with Crippen LogP contribution in [0.2, 0.25) is 0 Å². The van der Waals surface area contributed by atoms with Crippen molar-refractivity contribution in [2.75, 3.05) is 20.3 Å². The number of piperidine rings is 1. The molecule has 310 valence electrons. The zero-order valence-electron chi connectivity index (χ0n) is 34.5. The van der Waals surface area contributed by atoms with Gasteiger partial charge in [-0.05, 0) is 70.5 Å². The molecule has 0 radical (unpaired) electrons. The van der Waals surface area contributed by atoms with Crippen LogP contribution in [0.25, 0.3) is 0 Å². The standard InChI is InChI=1S/C42H62N4O9S/c1-10-27(5)33(22-37(48)35-13-11-12-18-45(35)9)40(50)46(24-54-30(8)47)36(25(2)3)20-29(7)55-42(53)39-44-34(23-56-39)38(49)43-32(19-28(6)41(51)52)21-31-16-14-26(4)15-17-31/h14-17,23,25,27-29,32-33,35-36H,10-13,18-22,24H2,1-9H3,(H,43,49)(H,51,52). The number of thiazole rings is 1. The molecule has 14 heteroatoms. The zero-order chi connectivity index (χ0) is 41.7. The summed E-state index contributed by atoms with van der Waals surface area (Å²) >= 11 is 0.956. The van der Waals surface area contributed by atoms with Gasteiger partial charge < -0.3 is 24.8 Å². The van der Waals surface area contributed by atoms with E-state index >= 15 is 0 Å². The van der Waals surface area contributed by atoms with Crippen LogP contribution in [0.15, 0.2) is 29.6 Å². The topological polar surface area (TPSA) is 173 Å². The van der Waals surface area contributed by atoms with Crippen LogP contribution in [-0.2, 0) is 35.1 Å². The number of carbonyl (C=O) groups is 6. The van der Waals surface area contributed by atoms with Gasteiger partial charge in [0.1, 0.15) is 11.8 Å². The van der Waals surface area contributed by atoms with Crippen LogP contribution in [0.1, 0.15) is 125 Å². The number of benzene rings is 1. The van der Waals surface area contributed by atoms with E-state index < -0.39 is 53.8 Å². The van der Waals surface area contributed by atoms with Crippen molar-refractivity contribution < 1.29 is 43.3 Å². The van der Waals surface area contributed by atoms with Crippen molar-refractivity contribution in [3.63, 3.8) is 0 Å². The molecule has 0 bridgehead atoms. The summed E-state index contributed by atoms with van der Waals surface area (Å²) in [5, 5.41) is 13.9. The Bertz CT molecular complexity index is 1640. The number of aryl methyl sites for hydroxylation is 1. The number of ketones is 1. The first-order valence-electron chi connectivity index (χ1n) is 19.8. The van der Waals surface area contributed by atoms with Gasteiger partial charge in [-0.3, -0.25) is 28.9 Å². The van der Waals surface area contributed by atoms with Crippen LogP contribution in [-0.4, -0.2) is 99.9 Å². The predicted octanol–water partition coefficient (Wildman–Crippen LogP) is 6.32. The highest BCUT2D eigenvalue weighted by Crippen LogP contribution is 2.29. The van der Waals surface area contributed by atoms with Crippen LogP contribution in [0, 0.1) is 30.6 Å². The average molecular weight is 799 g/mol. The summed E-state index contributed by atoms with van der Waals surface area (Å²) in [5.74, 6) is -4.61. The number of esters is 2. The van der Waals surface area contributed by atoms with E-state index in [9.17, 15) is 33.9 Å². The summed E-state index contributed by atoms with van der Waals surface area (Å²) in [6.45, 7) is 14.9. The molecule has 1 aliphatic heterocycles. The number of rotatable bonds is 21. The highest BCUT2D eigenvalue weighted by atomic mass is 32.1. The van der Waals surface area contributed by atoms with Crippen molar-refractivity contribution >= 4 is 46.8 Å². The van der Waals surface area contributed by atoms with E-state index in [4.69, 9.17) is 9.47 Å². The maximum absolute atomic E-state index is 14.5. The summed E-state index contributed by atoms with van der Waals surface area (Å²) in [6, 6.07) is 6.55.